The van der Waals surface area contributed by atoms with E-state index in [0.29, 0.717) is 0 Å². The molecule has 0 N–H and O–H groups in total. The first-order valence-corrected chi connectivity index (χ1v) is 16.8. The summed E-state index contributed by atoms with van der Waals surface area (Å²) in [7, 11) is 0. The molecule has 49 heavy (non-hydrogen) atoms. The van der Waals surface area contributed by atoms with Crippen molar-refractivity contribution in [1.29, 1.82) is 0 Å². The highest BCUT2D eigenvalue weighted by molar-refractivity contribution is 6.23. The van der Waals surface area contributed by atoms with Crippen molar-refractivity contribution in [2.75, 3.05) is 0 Å². The van der Waals surface area contributed by atoms with Crippen LogP contribution in [0.15, 0.2) is 186 Å². The molecule has 1 aromatic heterocycles. The normalized spacial score (nSPS) is 11.7. The van der Waals surface area contributed by atoms with E-state index in [1.807, 2.05) is 6.07 Å². The lowest BCUT2D eigenvalue weighted by atomic mass is 9.85. The zero-order valence-electron chi connectivity index (χ0n) is 26.7. The number of furan rings is 1. The molecule has 0 aliphatic carbocycles. The van der Waals surface area contributed by atoms with Gasteiger partial charge >= 0.3 is 0 Å². The minimum atomic E-state index is 0.913. The zero-order valence-corrected chi connectivity index (χ0v) is 26.7. The second-order valence-electron chi connectivity index (χ2n) is 12.8. The second kappa shape index (κ2) is 11.1. The van der Waals surface area contributed by atoms with Crippen LogP contribution in [0.5, 0.6) is 0 Å². The van der Waals surface area contributed by atoms with Crippen LogP contribution < -0.4 is 0 Å². The summed E-state index contributed by atoms with van der Waals surface area (Å²) >= 11 is 0. The predicted octanol–water partition coefficient (Wildman–Crippen LogP) is 13.7. The monoisotopic (exact) mass is 622 g/mol. The summed E-state index contributed by atoms with van der Waals surface area (Å²) in [5.41, 5.74) is 11.6. The number of hydrogen-bond acceptors (Lipinski definition) is 1. The highest BCUT2D eigenvalue weighted by Crippen LogP contribution is 2.46. The van der Waals surface area contributed by atoms with E-state index in [1.165, 1.54) is 71.4 Å². The molecule has 228 valence electrons. The smallest absolute Gasteiger partial charge is 0.143 e. The molecule has 0 aliphatic rings. The van der Waals surface area contributed by atoms with Crippen LogP contribution in [-0.4, -0.2) is 0 Å². The molecule has 1 heteroatoms. The van der Waals surface area contributed by atoms with Crippen molar-refractivity contribution in [3.8, 4) is 44.5 Å². The van der Waals surface area contributed by atoms with Gasteiger partial charge in [-0.25, -0.2) is 0 Å². The molecule has 0 radical (unpaired) electrons. The average molecular weight is 623 g/mol. The van der Waals surface area contributed by atoms with Gasteiger partial charge in [-0.1, -0.05) is 164 Å². The lowest BCUT2D eigenvalue weighted by Crippen LogP contribution is -1.91. The molecule has 0 atom stereocenters. The molecule has 0 saturated carbocycles. The fraction of sp³-hybridized carbons (Fsp3) is 0. The molecule has 0 fully saturated rings. The lowest BCUT2D eigenvalue weighted by Gasteiger charge is -2.18. The maximum absolute atomic E-state index is 6.55. The van der Waals surface area contributed by atoms with Gasteiger partial charge in [-0.05, 0) is 89.6 Å². The van der Waals surface area contributed by atoms with Crippen molar-refractivity contribution < 1.29 is 4.42 Å². The van der Waals surface area contributed by atoms with E-state index in [2.05, 4.69) is 176 Å². The third-order valence-electron chi connectivity index (χ3n) is 10.0. The molecule has 0 spiro atoms. The van der Waals surface area contributed by atoms with Crippen LogP contribution in [0.4, 0.5) is 0 Å². The summed E-state index contributed by atoms with van der Waals surface area (Å²) in [6.07, 6.45) is 0. The van der Waals surface area contributed by atoms with E-state index >= 15 is 0 Å². The van der Waals surface area contributed by atoms with Crippen LogP contribution in [0.1, 0.15) is 0 Å². The van der Waals surface area contributed by atoms with Gasteiger partial charge in [0.15, 0.2) is 0 Å². The van der Waals surface area contributed by atoms with E-state index in [1.54, 1.807) is 0 Å². The largest absolute Gasteiger partial charge is 0.455 e. The maximum Gasteiger partial charge on any atom is 0.143 e. The van der Waals surface area contributed by atoms with Gasteiger partial charge in [0, 0.05) is 16.2 Å². The first kappa shape index (κ1) is 27.7. The molecule has 9 aromatic carbocycles. The molecular weight excluding hydrogens is 593 g/mol. The summed E-state index contributed by atoms with van der Waals surface area (Å²) in [5, 5.41) is 9.62. The summed E-state index contributed by atoms with van der Waals surface area (Å²) in [4.78, 5) is 0. The van der Waals surface area contributed by atoms with Crippen LogP contribution in [0.3, 0.4) is 0 Å². The summed E-state index contributed by atoms with van der Waals surface area (Å²) in [5.74, 6) is 0. The molecular formula is C48H30O. The van der Waals surface area contributed by atoms with Gasteiger partial charge in [0.25, 0.3) is 0 Å². The Hall–Kier alpha value is -6.44. The Morgan fingerprint density at radius 3 is 1.49 bits per heavy atom. The molecule has 0 bridgehead atoms. The third kappa shape index (κ3) is 4.40. The quantitative estimate of drug-likeness (QED) is 0.178. The number of rotatable bonds is 4. The highest BCUT2D eigenvalue weighted by Gasteiger charge is 2.19. The minimum Gasteiger partial charge on any atom is -0.455 e. The van der Waals surface area contributed by atoms with Gasteiger partial charge in [0.1, 0.15) is 11.2 Å². The van der Waals surface area contributed by atoms with Crippen molar-refractivity contribution in [1.82, 2.24) is 0 Å². The molecule has 1 nitrogen and oxygen atoms in total. The molecule has 10 aromatic rings. The molecule has 1 heterocycles. The number of fused-ring (bicyclic) bond motifs is 7. The van der Waals surface area contributed by atoms with Gasteiger partial charge in [-0.3, -0.25) is 0 Å². The maximum atomic E-state index is 6.55. The fourth-order valence-corrected chi connectivity index (χ4v) is 7.84. The first-order chi connectivity index (χ1) is 24.3. The van der Waals surface area contributed by atoms with Gasteiger partial charge < -0.3 is 4.42 Å². The second-order valence-corrected chi connectivity index (χ2v) is 12.8. The van der Waals surface area contributed by atoms with Crippen LogP contribution in [0, 0.1) is 0 Å². The Balaban J connectivity index is 1.21. The molecule has 0 unspecified atom stereocenters. The summed E-state index contributed by atoms with van der Waals surface area (Å²) in [6.45, 7) is 0. The van der Waals surface area contributed by atoms with Gasteiger partial charge in [-0.2, -0.15) is 0 Å². The Morgan fingerprint density at radius 2 is 0.796 bits per heavy atom. The number of hydrogen-bond donors (Lipinski definition) is 0. The molecule has 0 aliphatic heterocycles. The average Bonchev–Trinajstić information content (AvgIpc) is 3.57. The highest BCUT2D eigenvalue weighted by atomic mass is 16.3. The predicted molar refractivity (Wildman–Crippen MR) is 208 cm³/mol. The minimum absolute atomic E-state index is 0.913. The third-order valence-corrected chi connectivity index (χ3v) is 10.0. The van der Waals surface area contributed by atoms with Crippen LogP contribution in [-0.2, 0) is 0 Å². The Labute approximate surface area is 284 Å². The van der Waals surface area contributed by atoms with Gasteiger partial charge in [-0.15, -0.1) is 0 Å². The van der Waals surface area contributed by atoms with Crippen molar-refractivity contribution in [3.63, 3.8) is 0 Å². The van der Waals surface area contributed by atoms with Gasteiger partial charge in [0.05, 0.1) is 0 Å². The van der Waals surface area contributed by atoms with Gasteiger partial charge in [0.2, 0.25) is 0 Å². The molecule has 10 rings (SSSR count). The molecule has 0 amide bonds. The van der Waals surface area contributed by atoms with Crippen LogP contribution >= 0.6 is 0 Å². The van der Waals surface area contributed by atoms with Crippen molar-refractivity contribution in [2.45, 2.75) is 0 Å². The lowest BCUT2D eigenvalue weighted by molar-refractivity contribution is 0.673. The van der Waals surface area contributed by atoms with E-state index in [4.69, 9.17) is 4.42 Å². The summed E-state index contributed by atoms with van der Waals surface area (Å²) in [6, 6.07) is 65.7. The van der Waals surface area contributed by atoms with E-state index < -0.39 is 0 Å². The van der Waals surface area contributed by atoms with Crippen molar-refractivity contribution in [3.05, 3.63) is 182 Å². The van der Waals surface area contributed by atoms with Crippen molar-refractivity contribution in [2.24, 2.45) is 0 Å². The van der Waals surface area contributed by atoms with Crippen LogP contribution in [0.25, 0.3) is 98.8 Å². The zero-order chi connectivity index (χ0) is 32.3. The fourth-order valence-electron chi connectivity index (χ4n) is 7.84. The number of para-hydroxylation sites is 1. The van der Waals surface area contributed by atoms with Crippen molar-refractivity contribution >= 4 is 54.3 Å². The van der Waals surface area contributed by atoms with E-state index in [-0.39, 0.29) is 0 Å². The number of benzene rings is 9. The Kier molecular flexibility index (Phi) is 6.25. The first-order valence-electron chi connectivity index (χ1n) is 16.8. The van der Waals surface area contributed by atoms with E-state index in [9.17, 15) is 0 Å². The summed E-state index contributed by atoms with van der Waals surface area (Å²) < 4.78 is 6.55. The van der Waals surface area contributed by atoms with E-state index in [0.717, 1.165) is 27.3 Å². The van der Waals surface area contributed by atoms with Crippen LogP contribution in [0.2, 0.25) is 0 Å². The standard InChI is InChI=1S/C48H30O/c1-2-13-31(14-3-1)32-25-27-33(28-26-32)45-38-19-6-8-21-40(38)46(41-22-9-7-20-39(41)45)36-17-12-16-34(29-36)43-30-35-15-4-5-18-37(35)48-47(43)42-23-10-11-24-44(42)49-48/h1-30H. The SMILES string of the molecule is c1ccc(-c2ccc(-c3c4ccccc4c(-c4cccc(-c5cc6ccccc6c6oc7ccccc7c56)c4)c4ccccc34)cc2)cc1. The molecule has 0 saturated heterocycles. The Bertz CT molecular complexity index is 2800. The topological polar surface area (TPSA) is 13.1 Å². The Morgan fingerprint density at radius 1 is 0.306 bits per heavy atom.